The van der Waals surface area contributed by atoms with Crippen LogP contribution in [-0.2, 0) is 14.8 Å². The summed E-state index contributed by atoms with van der Waals surface area (Å²) in [7, 11) is -3.52. The number of hydrogen-bond donors (Lipinski definition) is 1. The average molecular weight is 426 g/mol. The summed E-state index contributed by atoms with van der Waals surface area (Å²) in [4.78, 5) is 3.25. The van der Waals surface area contributed by atoms with Crippen LogP contribution in [0.3, 0.4) is 0 Å². The number of piperidine rings is 1. The molecule has 1 atom stereocenters. The average Bonchev–Trinajstić information content (AvgIpc) is 3.39. The van der Waals surface area contributed by atoms with Gasteiger partial charge in [-0.05, 0) is 64.8 Å². The van der Waals surface area contributed by atoms with Crippen molar-refractivity contribution in [3.8, 4) is 10.4 Å². The van der Waals surface area contributed by atoms with Gasteiger partial charge in [-0.1, -0.05) is 5.16 Å². The molecular formula is C19H27N3O4S2. The van der Waals surface area contributed by atoms with Crippen molar-refractivity contribution in [3.63, 3.8) is 0 Å². The maximum Gasteiger partial charge on any atom is 0.250 e. The molecule has 4 heterocycles. The molecule has 4 rings (SSSR count). The van der Waals surface area contributed by atoms with E-state index in [0.29, 0.717) is 16.1 Å². The van der Waals surface area contributed by atoms with E-state index >= 15 is 0 Å². The van der Waals surface area contributed by atoms with Gasteiger partial charge in [0.2, 0.25) is 10.0 Å². The molecule has 0 saturated carbocycles. The predicted octanol–water partition coefficient (Wildman–Crippen LogP) is 2.94. The van der Waals surface area contributed by atoms with Crippen molar-refractivity contribution in [2.45, 2.75) is 55.9 Å². The minimum Gasteiger partial charge on any atom is -0.377 e. The first-order chi connectivity index (χ1) is 13.4. The van der Waals surface area contributed by atoms with Gasteiger partial charge in [-0.25, -0.2) is 13.1 Å². The van der Waals surface area contributed by atoms with E-state index in [4.69, 9.17) is 9.26 Å². The van der Waals surface area contributed by atoms with E-state index in [2.05, 4.69) is 14.8 Å². The summed E-state index contributed by atoms with van der Waals surface area (Å²) in [6.07, 6.45) is 4.29. The van der Waals surface area contributed by atoms with Crippen LogP contribution in [-0.4, -0.2) is 56.9 Å². The van der Waals surface area contributed by atoms with Crippen LogP contribution in [0.15, 0.2) is 20.9 Å². The van der Waals surface area contributed by atoms with Gasteiger partial charge in [-0.15, -0.1) is 11.3 Å². The van der Waals surface area contributed by atoms with E-state index in [9.17, 15) is 8.42 Å². The fraction of sp³-hybridized carbons (Fsp3) is 0.632. The fourth-order valence-corrected chi connectivity index (χ4v) is 6.79. The van der Waals surface area contributed by atoms with Gasteiger partial charge < -0.3 is 14.2 Å². The Balaban J connectivity index is 1.36. The molecule has 2 fully saturated rings. The lowest BCUT2D eigenvalue weighted by molar-refractivity contribution is 0.0639. The third-order valence-electron chi connectivity index (χ3n) is 5.52. The van der Waals surface area contributed by atoms with E-state index in [1.165, 1.54) is 11.3 Å². The van der Waals surface area contributed by atoms with Gasteiger partial charge >= 0.3 is 0 Å². The SMILES string of the molecule is Cc1noc(C)c1-c1ccc(S(=O)(=O)NC2CCN(CC3CCCO3)CC2)s1. The first kappa shape index (κ1) is 20.0. The zero-order valence-corrected chi connectivity index (χ0v) is 17.9. The van der Waals surface area contributed by atoms with Crippen molar-refractivity contribution in [3.05, 3.63) is 23.6 Å². The van der Waals surface area contributed by atoms with Crippen LogP contribution in [0.1, 0.15) is 37.1 Å². The highest BCUT2D eigenvalue weighted by atomic mass is 32.2. The molecule has 2 aromatic heterocycles. The molecule has 2 saturated heterocycles. The Morgan fingerprint density at radius 1 is 1.25 bits per heavy atom. The minimum absolute atomic E-state index is 0.0182. The number of sulfonamides is 1. The molecule has 7 nitrogen and oxygen atoms in total. The van der Waals surface area contributed by atoms with Gasteiger partial charge in [0.05, 0.1) is 17.4 Å². The highest BCUT2D eigenvalue weighted by molar-refractivity contribution is 7.91. The summed E-state index contributed by atoms with van der Waals surface area (Å²) < 4.78 is 39.8. The summed E-state index contributed by atoms with van der Waals surface area (Å²) in [6.45, 7) is 7.35. The second-order valence-corrected chi connectivity index (χ2v) is 10.7. The van der Waals surface area contributed by atoms with Crippen molar-refractivity contribution < 1.29 is 17.7 Å². The molecule has 0 aliphatic carbocycles. The first-order valence-electron chi connectivity index (χ1n) is 9.82. The summed E-state index contributed by atoms with van der Waals surface area (Å²) in [5.74, 6) is 0.704. The van der Waals surface area contributed by atoms with Gasteiger partial charge in [0.1, 0.15) is 9.97 Å². The van der Waals surface area contributed by atoms with Crippen molar-refractivity contribution in [1.29, 1.82) is 0 Å². The summed E-state index contributed by atoms with van der Waals surface area (Å²) in [5.41, 5.74) is 1.66. The Bertz CT molecular complexity index is 888. The molecule has 0 aromatic carbocycles. The second kappa shape index (κ2) is 8.23. The molecule has 0 radical (unpaired) electrons. The molecule has 2 aliphatic heterocycles. The van der Waals surface area contributed by atoms with Crippen LogP contribution in [0.2, 0.25) is 0 Å². The number of rotatable bonds is 6. The number of aryl methyl sites for hydroxylation is 2. The van der Waals surface area contributed by atoms with Crippen molar-refractivity contribution in [2.75, 3.05) is 26.2 Å². The Morgan fingerprint density at radius 2 is 2.04 bits per heavy atom. The fourth-order valence-electron chi connectivity index (χ4n) is 4.02. The van der Waals surface area contributed by atoms with Crippen LogP contribution in [0.5, 0.6) is 0 Å². The lowest BCUT2D eigenvalue weighted by atomic mass is 10.1. The molecule has 154 valence electrons. The van der Waals surface area contributed by atoms with Crippen molar-refractivity contribution in [1.82, 2.24) is 14.8 Å². The Kier molecular flexibility index (Phi) is 5.89. The Morgan fingerprint density at radius 3 is 2.68 bits per heavy atom. The zero-order chi connectivity index (χ0) is 19.7. The lowest BCUT2D eigenvalue weighted by Gasteiger charge is -2.33. The first-order valence-corrected chi connectivity index (χ1v) is 12.1. The number of thiophene rings is 1. The largest absolute Gasteiger partial charge is 0.377 e. The zero-order valence-electron chi connectivity index (χ0n) is 16.3. The van der Waals surface area contributed by atoms with Crippen molar-refractivity contribution >= 4 is 21.4 Å². The van der Waals surface area contributed by atoms with Crippen LogP contribution in [0.25, 0.3) is 10.4 Å². The van der Waals surface area contributed by atoms with E-state index in [-0.39, 0.29) is 6.04 Å². The Labute approximate surface area is 170 Å². The van der Waals surface area contributed by atoms with E-state index < -0.39 is 10.0 Å². The van der Waals surface area contributed by atoms with Gasteiger partial charge in [-0.2, -0.15) is 0 Å². The molecule has 0 amide bonds. The van der Waals surface area contributed by atoms with Gasteiger partial charge in [0.15, 0.2) is 0 Å². The molecule has 1 unspecified atom stereocenters. The van der Waals surface area contributed by atoms with Crippen LogP contribution in [0, 0.1) is 13.8 Å². The molecule has 9 heteroatoms. The third-order valence-corrected chi connectivity index (χ3v) is 8.64. The maximum atomic E-state index is 12.8. The lowest BCUT2D eigenvalue weighted by Crippen LogP contribution is -2.46. The predicted molar refractivity (Wildman–Crippen MR) is 108 cm³/mol. The van der Waals surface area contributed by atoms with Crippen LogP contribution >= 0.6 is 11.3 Å². The quantitative estimate of drug-likeness (QED) is 0.766. The summed E-state index contributed by atoms with van der Waals surface area (Å²) in [5, 5.41) is 3.95. The monoisotopic (exact) mass is 425 g/mol. The van der Waals surface area contributed by atoms with E-state index in [1.54, 1.807) is 6.07 Å². The summed E-state index contributed by atoms with van der Waals surface area (Å²) in [6, 6.07) is 3.48. The highest BCUT2D eigenvalue weighted by Gasteiger charge is 2.28. The van der Waals surface area contributed by atoms with Crippen LogP contribution < -0.4 is 4.72 Å². The van der Waals surface area contributed by atoms with Gasteiger partial charge in [0.25, 0.3) is 0 Å². The van der Waals surface area contributed by atoms with E-state index in [0.717, 1.165) is 68.1 Å². The molecule has 0 bridgehead atoms. The number of nitrogens with zero attached hydrogens (tertiary/aromatic N) is 2. The topological polar surface area (TPSA) is 84.7 Å². The minimum atomic E-state index is -3.52. The number of ether oxygens (including phenoxy) is 1. The maximum absolute atomic E-state index is 12.8. The van der Waals surface area contributed by atoms with Gasteiger partial charge in [0, 0.05) is 24.1 Å². The van der Waals surface area contributed by atoms with E-state index in [1.807, 2.05) is 19.9 Å². The Hall–Kier alpha value is -1.26. The molecule has 2 aromatic rings. The smallest absolute Gasteiger partial charge is 0.250 e. The number of aromatic nitrogens is 1. The molecule has 28 heavy (non-hydrogen) atoms. The third kappa shape index (κ3) is 4.33. The number of likely N-dealkylation sites (tertiary alicyclic amines) is 1. The second-order valence-electron chi connectivity index (χ2n) is 7.65. The number of hydrogen-bond acceptors (Lipinski definition) is 7. The molecular weight excluding hydrogens is 398 g/mol. The van der Waals surface area contributed by atoms with Gasteiger partial charge in [-0.3, -0.25) is 0 Å². The molecule has 2 aliphatic rings. The van der Waals surface area contributed by atoms with Crippen molar-refractivity contribution in [2.24, 2.45) is 0 Å². The standard InChI is InChI=1S/C19H27N3O4S2/c1-13-19(14(2)26-20-13)17-5-6-18(27-17)28(23,24)21-15-7-9-22(10-8-15)12-16-4-3-11-25-16/h5-6,15-16,21H,3-4,7-12H2,1-2H3. The summed E-state index contributed by atoms with van der Waals surface area (Å²) >= 11 is 1.26. The van der Waals surface area contributed by atoms with Crippen LogP contribution in [0.4, 0.5) is 0 Å². The molecule has 0 spiro atoms. The highest BCUT2D eigenvalue weighted by Crippen LogP contribution is 2.35. The number of nitrogens with one attached hydrogen (secondary N) is 1. The molecule has 1 N–H and O–H groups in total. The normalized spacial score (nSPS) is 22.1.